The summed E-state index contributed by atoms with van der Waals surface area (Å²) in [5, 5.41) is 0. The lowest BCUT2D eigenvalue weighted by atomic mass is 10.1. The summed E-state index contributed by atoms with van der Waals surface area (Å²) in [5.74, 6) is 0. The first-order chi connectivity index (χ1) is 8.29. The van der Waals surface area contributed by atoms with Crippen molar-refractivity contribution in [2.24, 2.45) is 5.73 Å². The van der Waals surface area contributed by atoms with Crippen molar-refractivity contribution in [3.8, 4) is 0 Å². The molecule has 2 rings (SSSR count). The lowest BCUT2D eigenvalue weighted by Crippen LogP contribution is -2.39. The van der Waals surface area contributed by atoms with Crippen molar-refractivity contribution in [3.05, 3.63) is 35.4 Å². The highest BCUT2D eigenvalue weighted by molar-refractivity contribution is 5.21. The largest absolute Gasteiger partial charge is 0.329 e. The van der Waals surface area contributed by atoms with Crippen molar-refractivity contribution in [1.82, 2.24) is 4.90 Å². The van der Waals surface area contributed by atoms with Crippen molar-refractivity contribution in [2.45, 2.75) is 45.2 Å². The third-order valence-electron chi connectivity index (χ3n) is 3.78. The summed E-state index contributed by atoms with van der Waals surface area (Å²) in [7, 11) is 0. The van der Waals surface area contributed by atoms with Gasteiger partial charge < -0.3 is 5.73 Å². The summed E-state index contributed by atoms with van der Waals surface area (Å²) in [6, 6.07) is 9.47. The first kappa shape index (κ1) is 12.6. The first-order valence-electron chi connectivity index (χ1n) is 6.79. The van der Waals surface area contributed by atoms with Gasteiger partial charge in [0.2, 0.25) is 0 Å². The van der Waals surface area contributed by atoms with E-state index in [0.717, 1.165) is 13.1 Å². The number of aryl methyl sites for hydroxylation is 1. The van der Waals surface area contributed by atoms with Crippen LogP contribution < -0.4 is 5.73 Å². The van der Waals surface area contributed by atoms with Gasteiger partial charge >= 0.3 is 0 Å². The molecule has 1 aliphatic rings. The van der Waals surface area contributed by atoms with Crippen LogP contribution in [0, 0.1) is 6.92 Å². The second-order valence-corrected chi connectivity index (χ2v) is 5.19. The predicted octanol–water partition coefficient (Wildman–Crippen LogP) is 2.70. The van der Waals surface area contributed by atoms with Crippen molar-refractivity contribution in [3.63, 3.8) is 0 Å². The minimum Gasteiger partial charge on any atom is -0.329 e. The van der Waals surface area contributed by atoms with Gasteiger partial charge in [-0.3, -0.25) is 4.90 Å². The summed E-state index contributed by atoms with van der Waals surface area (Å²) in [6.07, 6.45) is 5.29. The molecule has 0 aliphatic carbocycles. The molecule has 1 atom stereocenters. The zero-order chi connectivity index (χ0) is 12.1. The van der Waals surface area contributed by atoms with Gasteiger partial charge in [-0.05, 0) is 31.9 Å². The molecule has 1 aromatic carbocycles. The second-order valence-electron chi connectivity index (χ2n) is 5.19. The molecule has 1 aliphatic heterocycles. The first-order valence-corrected chi connectivity index (χ1v) is 6.79. The fraction of sp³-hybridized carbons (Fsp3) is 0.600. The lowest BCUT2D eigenvalue weighted by molar-refractivity contribution is 0.196. The van der Waals surface area contributed by atoms with Crippen LogP contribution >= 0.6 is 0 Å². The Labute approximate surface area is 105 Å². The van der Waals surface area contributed by atoms with Crippen LogP contribution in [-0.2, 0) is 6.54 Å². The molecule has 0 bridgehead atoms. The fourth-order valence-corrected chi connectivity index (χ4v) is 2.64. The summed E-state index contributed by atoms with van der Waals surface area (Å²) < 4.78 is 0. The van der Waals surface area contributed by atoms with Crippen LogP contribution in [0.15, 0.2) is 24.3 Å². The fourth-order valence-electron chi connectivity index (χ4n) is 2.64. The second kappa shape index (κ2) is 6.18. The Morgan fingerprint density at radius 1 is 1.18 bits per heavy atom. The molecule has 2 N–H and O–H groups in total. The Morgan fingerprint density at radius 2 is 1.94 bits per heavy atom. The topological polar surface area (TPSA) is 29.3 Å². The van der Waals surface area contributed by atoms with Crippen LogP contribution in [-0.4, -0.2) is 24.0 Å². The highest BCUT2D eigenvalue weighted by atomic mass is 15.2. The average Bonchev–Trinajstić information content (AvgIpc) is 2.57. The Kier molecular flexibility index (Phi) is 4.57. The highest BCUT2D eigenvalue weighted by Crippen LogP contribution is 2.18. The number of nitrogens with two attached hydrogens (primary N) is 1. The molecule has 1 fully saturated rings. The molecule has 0 saturated carbocycles. The normalized spacial score (nSPS) is 22.4. The van der Waals surface area contributed by atoms with Crippen LogP contribution in [0.4, 0.5) is 0 Å². The number of hydrogen-bond acceptors (Lipinski definition) is 2. The van der Waals surface area contributed by atoms with Gasteiger partial charge in [0.05, 0.1) is 0 Å². The van der Waals surface area contributed by atoms with Gasteiger partial charge in [0.15, 0.2) is 0 Å². The summed E-state index contributed by atoms with van der Waals surface area (Å²) in [5.41, 5.74) is 8.65. The molecular weight excluding hydrogens is 208 g/mol. The molecule has 0 spiro atoms. The van der Waals surface area contributed by atoms with E-state index in [2.05, 4.69) is 36.1 Å². The van der Waals surface area contributed by atoms with E-state index in [9.17, 15) is 0 Å². The smallest absolute Gasteiger partial charge is 0.0237 e. The maximum absolute atomic E-state index is 5.90. The third kappa shape index (κ3) is 3.55. The quantitative estimate of drug-likeness (QED) is 0.868. The maximum Gasteiger partial charge on any atom is 0.0237 e. The lowest BCUT2D eigenvalue weighted by Gasteiger charge is -2.28. The Morgan fingerprint density at radius 3 is 2.65 bits per heavy atom. The molecule has 1 unspecified atom stereocenters. The van der Waals surface area contributed by atoms with Crippen LogP contribution in [0.25, 0.3) is 0 Å². The third-order valence-corrected chi connectivity index (χ3v) is 3.78. The van der Waals surface area contributed by atoms with E-state index < -0.39 is 0 Å². The summed E-state index contributed by atoms with van der Waals surface area (Å²) in [4.78, 5) is 2.57. The van der Waals surface area contributed by atoms with Crippen LogP contribution in [0.5, 0.6) is 0 Å². The molecule has 1 aromatic rings. The minimum absolute atomic E-state index is 0.582. The minimum atomic E-state index is 0.582. The molecule has 17 heavy (non-hydrogen) atoms. The summed E-state index contributed by atoms with van der Waals surface area (Å²) in [6.45, 7) is 5.20. The zero-order valence-corrected chi connectivity index (χ0v) is 10.9. The zero-order valence-electron chi connectivity index (χ0n) is 10.9. The van der Waals surface area contributed by atoms with Crippen LogP contribution in [0.1, 0.15) is 36.8 Å². The van der Waals surface area contributed by atoms with E-state index in [1.165, 1.54) is 43.4 Å². The van der Waals surface area contributed by atoms with Crippen molar-refractivity contribution in [1.29, 1.82) is 0 Å². The van der Waals surface area contributed by atoms with E-state index >= 15 is 0 Å². The monoisotopic (exact) mass is 232 g/mol. The van der Waals surface area contributed by atoms with Crippen LogP contribution in [0.3, 0.4) is 0 Å². The molecule has 1 heterocycles. The van der Waals surface area contributed by atoms with Gasteiger partial charge in [-0.15, -0.1) is 0 Å². The molecule has 0 amide bonds. The Balaban J connectivity index is 2.01. The molecule has 2 heteroatoms. The number of likely N-dealkylation sites (tertiary alicyclic amines) is 1. The predicted molar refractivity (Wildman–Crippen MR) is 72.9 cm³/mol. The maximum atomic E-state index is 5.90. The van der Waals surface area contributed by atoms with E-state index in [1.807, 2.05) is 0 Å². The van der Waals surface area contributed by atoms with Crippen molar-refractivity contribution < 1.29 is 0 Å². The van der Waals surface area contributed by atoms with Gasteiger partial charge in [0.25, 0.3) is 0 Å². The van der Waals surface area contributed by atoms with Gasteiger partial charge in [0, 0.05) is 19.1 Å². The number of hydrogen-bond donors (Lipinski definition) is 1. The van der Waals surface area contributed by atoms with Crippen molar-refractivity contribution in [2.75, 3.05) is 13.1 Å². The van der Waals surface area contributed by atoms with E-state index in [1.54, 1.807) is 0 Å². The molecular formula is C15H24N2. The highest BCUT2D eigenvalue weighted by Gasteiger charge is 2.19. The Hall–Kier alpha value is -0.860. The molecule has 94 valence electrons. The van der Waals surface area contributed by atoms with Crippen LogP contribution in [0.2, 0.25) is 0 Å². The Bertz CT molecular complexity index is 331. The SMILES string of the molecule is Cc1ccc(CN2CCCCCC2CN)cc1. The van der Waals surface area contributed by atoms with Crippen molar-refractivity contribution >= 4 is 0 Å². The van der Waals surface area contributed by atoms with Gasteiger partial charge in [-0.2, -0.15) is 0 Å². The average molecular weight is 232 g/mol. The number of benzene rings is 1. The van der Waals surface area contributed by atoms with E-state index in [0.29, 0.717) is 6.04 Å². The van der Waals surface area contributed by atoms with Gasteiger partial charge in [-0.25, -0.2) is 0 Å². The van der Waals surface area contributed by atoms with E-state index in [4.69, 9.17) is 5.73 Å². The summed E-state index contributed by atoms with van der Waals surface area (Å²) >= 11 is 0. The van der Waals surface area contributed by atoms with Gasteiger partial charge in [0.1, 0.15) is 0 Å². The molecule has 1 saturated heterocycles. The molecule has 2 nitrogen and oxygen atoms in total. The standard InChI is InChI=1S/C15H24N2/c1-13-6-8-14(9-7-13)12-17-10-4-2-3-5-15(17)11-16/h6-9,15H,2-5,10-12,16H2,1H3. The number of nitrogens with zero attached hydrogens (tertiary/aromatic N) is 1. The van der Waals surface area contributed by atoms with E-state index in [-0.39, 0.29) is 0 Å². The molecule has 0 radical (unpaired) electrons. The van der Waals surface area contributed by atoms with Gasteiger partial charge in [-0.1, -0.05) is 42.7 Å². The number of rotatable bonds is 3. The molecule has 0 aromatic heterocycles.